The second kappa shape index (κ2) is 5.20. The monoisotopic (exact) mass is 287 g/mol. The molecule has 2 N–H and O–H groups in total. The highest BCUT2D eigenvalue weighted by molar-refractivity contribution is 6.04. The van der Waals surface area contributed by atoms with Gasteiger partial charge in [0.05, 0.1) is 5.71 Å². The van der Waals surface area contributed by atoms with Crippen molar-refractivity contribution in [1.82, 2.24) is 5.43 Å². The molecule has 21 heavy (non-hydrogen) atoms. The summed E-state index contributed by atoms with van der Waals surface area (Å²) in [5.74, 6) is -0.0617. The first kappa shape index (κ1) is 13.6. The van der Waals surface area contributed by atoms with Crippen LogP contribution in [0, 0.1) is 0 Å². The summed E-state index contributed by atoms with van der Waals surface area (Å²) in [5, 5.41) is 6.74. The van der Waals surface area contributed by atoms with Gasteiger partial charge in [0.15, 0.2) is 0 Å². The van der Waals surface area contributed by atoms with Gasteiger partial charge in [-0.25, -0.2) is 10.2 Å². The molecule has 0 bridgehead atoms. The Balaban J connectivity index is 1.61. The van der Waals surface area contributed by atoms with Gasteiger partial charge in [0.2, 0.25) is 5.91 Å². The summed E-state index contributed by atoms with van der Waals surface area (Å²) in [5.41, 5.74) is 4.64. The number of benzene rings is 1. The van der Waals surface area contributed by atoms with E-state index >= 15 is 0 Å². The highest BCUT2D eigenvalue weighted by atomic mass is 16.6. The number of amides is 2. The van der Waals surface area contributed by atoms with Crippen LogP contribution in [-0.4, -0.2) is 23.3 Å². The SMILES string of the molecule is CC1(OC(=O)Nc2ccc(C3=NNC(=O)CC3)cc2)CC1. The molecule has 0 saturated heterocycles. The van der Waals surface area contributed by atoms with E-state index in [-0.39, 0.29) is 11.5 Å². The van der Waals surface area contributed by atoms with E-state index in [1.165, 1.54) is 0 Å². The zero-order valence-corrected chi connectivity index (χ0v) is 11.8. The van der Waals surface area contributed by atoms with Crippen molar-refractivity contribution in [2.24, 2.45) is 5.10 Å². The molecule has 0 aromatic heterocycles. The number of ether oxygens (including phenoxy) is 1. The lowest BCUT2D eigenvalue weighted by Crippen LogP contribution is -2.25. The lowest BCUT2D eigenvalue weighted by Gasteiger charge is -2.14. The van der Waals surface area contributed by atoms with E-state index in [2.05, 4.69) is 15.8 Å². The maximum absolute atomic E-state index is 11.7. The molecule has 1 aliphatic carbocycles. The number of hydrazone groups is 1. The molecule has 3 rings (SSSR count). The number of carbonyl (C=O) groups is 2. The second-order valence-electron chi connectivity index (χ2n) is 5.64. The molecule has 0 unspecified atom stereocenters. The average Bonchev–Trinajstić information content (AvgIpc) is 3.17. The Bertz CT molecular complexity index is 603. The van der Waals surface area contributed by atoms with Crippen LogP contribution in [0.3, 0.4) is 0 Å². The van der Waals surface area contributed by atoms with Crippen LogP contribution in [0.15, 0.2) is 29.4 Å². The highest BCUT2D eigenvalue weighted by Crippen LogP contribution is 2.38. The third kappa shape index (κ3) is 3.39. The Labute approximate surface area is 122 Å². The summed E-state index contributed by atoms with van der Waals surface area (Å²) in [6, 6.07) is 7.32. The molecule has 1 heterocycles. The maximum Gasteiger partial charge on any atom is 0.412 e. The fraction of sp³-hybridized carbons (Fsp3) is 0.400. The van der Waals surface area contributed by atoms with E-state index in [0.29, 0.717) is 18.5 Å². The number of nitrogens with zero attached hydrogens (tertiary/aromatic N) is 1. The van der Waals surface area contributed by atoms with Gasteiger partial charge >= 0.3 is 6.09 Å². The van der Waals surface area contributed by atoms with Crippen molar-refractivity contribution in [3.8, 4) is 0 Å². The molecule has 1 aromatic rings. The van der Waals surface area contributed by atoms with Crippen LogP contribution >= 0.6 is 0 Å². The molecule has 2 amide bonds. The van der Waals surface area contributed by atoms with Crippen molar-refractivity contribution < 1.29 is 14.3 Å². The van der Waals surface area contributed by atoms with Gasteiger partial charge in [-0.2, -0.15) is 5.10 Å². The van der Waals surface area contributed by atoms with Gasteiger partial charge < -0.3 is 4.74 Å². The number of rotatable bonds is 3. The fourth-order valence-electron chi connectivity index (χ4n) is 2.07. The van der Waals surface area contributed by atoms with Crippen molar-refractivity contribution in [2.75, 3.05) is 5.32 Å². The zero-order valence-electron chi connectivity index (χ0n) is 11.8. The summed E-state index contributed by atoms with van der Waals surface area (Å²) in [6.07, 6.45) is 2.49. The Morgan fingerprint density at radius 2 is 2.00 bits per heavy atom. The molecule has 2 aliphatic rings. The minimum absolute atomic E-state index is 0.0617. The lowest BCUT2D eigenvalue weighted by molar-refractivity contribution is -0.121. The van der Waals surface area contributed by atoms with E-state index in [9.17, 15) is 9.59 Å². The Morgan fingerprint density at radius 1 is 1.29 bits per heavy atom. The van der Waals surface area contributed by atoms with Crippen LogP contribution in [0.2, 0.25) is 0 Å². The summed E-state index contributed by atoms with van der Waals surface area (Å²) in [7, 11) is 0. The largest absolute Gasteiger partial charge is 0.443 e. The Hall–Kier alpha value is -2.37. The molecular weight excluding hydrogens is 270 g/mol. The van der Waals surface area contributed by atoms with Crippen LogP contribution < -0.4 is 10.7 Å². The third-order valence-electron chi connectivity index (χ3n) is 3.66. The molecule has 6 nitrogen and oxygen atoms in total. The van der Waals surface area contributed by atoms with Crippen LogP contribution in [0.25, 0.3) is 0 Å². The van der Waals surface area contributed by atoms with Gasteiger partial charge in [-0.3, -0.25) is 10.1 Å². The molecule has 6 heteroatoms. The molecule has 1 aromatic carbocycles. The second-order valence-corrected chi connectivity index (χ2v) is 5.64. The molecule has 1 fully saturated rings. The first-order valence-corrected chi connectivity index (χ1v) is 7.00. The van der Waals surface area contributed by atoms with E-state index in [1.54, 1.807) is 12.1 Å². The number of carbonyl (C=O) groups excluding carboxylic acids is 2. The van der Waals surface area contributed by atoms with Crippen molar-refractivity contribution in [1.29, 1.82) is 0 Å². The van der Waals surface area contributed by atoms with Gasteiger partial charge in [0.1, 0.15) is 5.60 Å². The predicted molar refractivity (Wildman–Crippen MR) is 78.1 cm³/mol. The smallest absolute Gasteiger partial charge is 0.412 e. The topological polar surface area (TPSA) is 79.8 Å². The van der Waals surface area contributed by atoms with Crippen LogP contribution in [0.1, 0.15) is 38.2 Å². The van der Waals surface area contributed by atoms with E-state index in [0.717, 1.165) is 24.1 Å². The van der Waals surface area contributed by atoms with Crippen molar-refractivity contribution in [3.63, 3.8) is 0 Å². The normalized spacial score (nSPS) is 19.3. The Morgan fingerprint density at radius 3 is 2.57 bits per heavy atom. The minimum atomic E-state index is -0.426. The standard InChI is InChI=1S/C15H17N3O3/c1-15(8-9-15)21-14(20)16-11-4-2-10(3-5-11)12-6-7-13(19)18-17-12/h2-5H,6-9H2,1H3,(H,16,20)(H,18,19). The molecule has 0 atom stereocenters. The summed E-state index contributed by atoms with van der Waals surface area (Å²) in [6.45, 7) is 1.92. The van der Waals surface area contributed by atoms with Crippen molar-refractivity contribution >= 4 is 23.4 Å². The first-order valence-electron chi connectivity index (χ1n) is 7.00. The highest BCUT2D eigenvalue weighted by Gasteiger charge is 2.41. The molecule has 1 aliphatic heterocycles. The van der Waals surface area contributed by atoms with Crippen LogP contribution in [0.5, 0.6) is 0 Å². The van der Waals surface area contributed by atoms with Gasteiger partial charge in [-0.1, -0.05) is 12.1 Å². The number of anilines is 1. The van der Waals surface area contributed by atoms with Gasteiger partial charge in [-0.05, 0) is 37.5 Å². The van der Waals surface area contributed by atoms with Crippen LogP contribution in [-0.2, 0) is 9.53 Å². The van der Waals surface area contributed by atoms with E-state index in [4.69, 9.17) is 4.74 Å². The number of hydrogen-bond donors (Lipinski definition) is 2. The maximum atomic E-state index is 11.7. The fourth-order valence-corrected chi connectivity index (χ4v) is 2.07. The quantitative estimate of drug-likeness (QED) is 0.895. The molecular formula is C15H17N3O3. The summed E-state index contributed by atoms with van der Waals surface area (Å²) in [4.78, 5) is 22.7. The molecule has 0 spiro atoms. The van der Waals surface area contributed by atoms with Crippen molar-refractivity contribution in [3.05, 3.63) is 29.8 Å². The average molecular weight is 287 g/mol. The number of nitrogens with one attached hydrogen (secondary N) is 2. The zero-order chi connectivity index (χ0) is 14.9. The summed E-state index contributed by atoms with van der Waals surface area (Å²) < 4.78 is 5.29. The lowest BCUT2D eigenvalue weighted by atomic mass is 10.0. The van der Waals surface area contributed by atoms with Gasteiger partial charge in [-0.15, -0.1) is 0 Å². The van der Waals surface area contributed by atoms with Gasteiger partial charge in [0, 0.05) is 18.5 Å². The van der Waals surface area contributed by atoms with E-state index in [1.807, 2.05) is 19.1 Å². The molecule has 1 saturated carbocycles. The number of hydrogen-bond acceptors (Lipinski definition) is 4. The minimum Gasteiger partial charge on any atom is -0.443 e. The van der Waals surface area contributed by atoms with E-state index < -0.39 is 6.09 Å². The van der Waals surface area contributed by atoms with Crippen LogP contribution in [0.4, 0.5) is 10.5 Å². The van der Waals surface area contributed by atoms with Crippen molar-refractivity contribution in [2.45, 2.75) is 38.2 Å². The van der Waals surface area contributed by atoms with Gasteiger partial charge in [0.25, 0.3) is 0 Å². The predicted octanol–water partition coefficient (Wildman–Crippen LogP) is 2.40. The summed E-state index contributed by atoms with van der Waals surface area (Å²) >= 11 is 0. The third-order valence-corrected chi connectivity index (χ3v) is 3.66. The first-order chi connectivity index (χ1) is 10.0. The Kier molecular flexibility index (Phi) is 3.37. The molecule has 0 radical (unpaired) electrons. The molecule has 110 valence electrons.